The van der Waals surface area contributed by atoms with E-state index in [2.05, 4.69) is 6.92 Å². The Morgan fingerprint density at radius 2 is 2.12 bits per heavy atom. The van der Waals surface area contributed by atoms with Crippen LogP contribution in [0, 0.1) is 0 Å². The van der Waals surface area contributed by atoms with Crippen LogP contribution in [-0.4, -0.2) is 19.7 Å². The summed E-state index contributed by atoms with van der Waals surface area (Å²) < 4.78 is 10.1. The molecule has 0 saturated carbocycles. The van der Waals surface area contributed by atoms with E-state index in [4.69, 9.17) is 9.47 Å². The predicted octanol–water partition coefficient (Wildman–Crippen LogP) is 2.83. The van der Waals surface area contributed by atoms with E-state index in [1.807, 2.05) is 18.2 Å². The average Bonchev–Trinajstić information content (AvgIpc) is 2.36. The van der Waals surface area contributed by atoms with E-state index in [0.29, 0.717) is 6.61 Å². The maximum atomic E-state index is 11.2. The van der Waals surface area contributed by atoms with Crippen molar-refractivity contribution in [1.82, 2.24) is 0 Å². The van der Waals surface area contributed by atoms with Gasteiger partial charge in [-0.3, -0.25) is 0 Å². The number of carbonyl (C=O) groups is 1. The summed E-state index contributed by atoms with van der Waals surface area (Å²) in [6.07, 6.45) is 4.08. The zero-order chi connectivity index (χ0) is 12.7. The Bertz CT molecular complexity index is 408. The lowest BCUT2D eigenvalue weighted by Gasteiger charge is -2.07. The molecule has 1 aromatic rings. The van der Waals surface area contributed by atoms with Gasteiger partial charge in [0.2, 0.25) is 0 Å². The maximum Gasteiger partial charge on any atom is 0.330 e. The van der Waals surface area contributed by atoms with E-state index in [1.165, 1.54) is 6.08 Å². The quantitative estimate of drug-likeness (QED) is 0.580. The molecule has 92 valence electrons. The minimum atomic E-state index is -0.318. The molecule has 0 saturated heterocycles. The Morgan fingerprint density at radius 3 is 2.71 bits per heavy atom. The lowest BCUT2D eigenvalue weighted by molar-refractivity contribution is -0.137. The van der Waals surface area contributed by atoms with Crippen LogP contribution in [0.4, 0.5) is 0 Å². The highest BCUT2D eigenvalue weighted by molar-refractivity contribution is 5.87. The van der Waals surface area contributed by atoms with Gasteiger partial charge in [0.1, 0.15) is 5.75 Å². The van der Waals surface area contributed by atoms with Gasteiger partial charge in [-0.2, -0.15) is 0 Å². The maximum absolute atomic E-state index is 11.2. The minimum Gasteiger partial charge on any atom is -0.496 e. The normalized spacial score (nSPS) is 10.5. The molecule has 0 fully saturated rings. The zero-order valence-corrected chi connectivity index (χ0v) is 10.5. The fourth-order valence-electron chi connectivity index (χ4n) is 1.53. The second-order valence-corrected chi connectivity index (χ2v) is 3.51. The molecule has 0 spiro atoms. The highest BCUT2D eigenvalue weighted by Crippen LogP contribution is 2.20. The number of aryl methyl sites for hydroxylation is 1. The molecule has 3 nitrogen and oxygen atoms in total. The minimum absolute atomic E-state index is 0.318. The molecule has 0 aliphatic rings. The van der Waals surface area contributed by atoms with Crippen molar-refractivity contribution in [1.29, 1.82) is 0 Å². The first-order chi connectivity index (χ1) is 8.21. The van der Waals surface area contributed by atoms with Gasteiger partial charge in [-0.1, -0.05) is 13.0 Å². The van der Waals surface area contributed by atoms with Gasteiger partial charge in [0.05, 0.1) is 13.7 Å². The lowest BCUT2D eigenvalue weighted by atomic mass is 10.1. The smallest absolute Gasteiger partial charge is 0.330 e. The topological polar surface area (TPSA) is 35.5 Å². The van der Waals surface area contributed by atoms with Crippen LogP contribution in [-0.2, 0) is 16.0 Å². The van der Waals surface area contributed by atoms with Crippen LogP contribution in [0.15, 0.2) is 24.3 Å². The van der Waals surface area contributed by atoms with E-state index >= 15 is 0 Å². The third-order valence-corrected chi connectivity index (χ3v) is 2.38. The Balaban J connectivity index is 2.82. The number of esters is 1. The summed E-state index contributed by atoms with van der Waals surface area (Å²) in [5.41, 5.74) is 2.09. The van der Waals surface area contributed by atoms with Crippen molar-refractivity contribution in [3.63, 3.8) is 0 Å². The molecule has 0 bridgehead atoms. The van der Waals surface area contributed by atoms with Gasteiger partial charge in [-0.25, -0.2) is 4.79 Å². The summed E-state index contributed by atoms with van der Waals surface area (Å²) in [4.78, 5) is 11.2. The van der Waals surface area contributed by atoms with Crippen molar-refractivity contribution in [2.24, 2.45) is 0 Å². The van der Waals surface area contributed by atoms with Crippen LogP contribution in [0.2, 0.25) is 0 Å². The largest absolute Gasteiger partial charge is 0.496 e. The molecule has 0 aromatic heterocycles. The van der Waals surface area contributed by atoms with Gasteiger partial charge < -0.3 is 9.47 Å². The molecule has 0 aliphatic heterocycles. The third-order valence-electron chi connectivity index (χ3n) is 2.38. The highest BCUT2D eigenvalue weighted by atomic mass is 16.5. The Morgan fingerprint density at radius 1 is 1.35 bits per heavy atom. The van der Waals surface area contributed by atoms with E-state index in [0.717, 1.165) is 23.3 Å². The number of methoxy groups -OCH3 is 1. The molecule has 0 unspecified atom stereocenters. The average molecular weight is 234 g/mol. The Hall–Kier alpha value is -1.77. The van der Waals surface area contributed by atoms with Crippen LogP contribution in [0.5, 0.6) is 5.75 Å². The summed E-state index contributed by atoms with van der Waals surface area (Å²) in [5, 5.41) is 0. The first-order valence-electron chi connectivity index (χ1n) is 5.73. The van der Waals surface area contributed by atoms with Crippen LogP contribution in [0.1, 0.15) is 25.0 Å². The van der Waals surface area contributed by atoms with E-state index < -0.39 is 0 Å². The summed E-state index contributed by atoms with van der Waals surface area (Å²) in [7, 11) is 1.66. The summed E-state index contributed by atoms with van der Waals surface area (Å²) in [6.45, 7) is 4.25. The molecule has 17 heavy (non-hydrogen) atoms. The Kier molecular flexibility index (Phi) is 5.27. The van der Waals surface area contributed by atoms with Crippen LogP contribution >= 0.6 is 0 Å². The first-order valence-corrected chi connectivity index (χ1v) is 5.73. The van der Waals surface area contributed by atoms with Gasteiger partial charge in [0.15, 0.2) is 0 Å². The molecule has 0 amide bonds. The van der Waals surface area contributed by atoms with E-state index in [1.54, 1.807) is 20.1 Å². The number of benzene rings is 1. The van der Waals surface area contributed by atoms with Crippen LogP contribution < -0.4 is 4.74 Å². The monoisotopic (exact) mass is 234 g/mol. The van der Waals surface area contributed by atoms with Crippen LogP contribution in [0.3, 0.4) is 0 Å². The SMILES string of the molecule is CCOC(=O)/C=C/c1ccc(OC)c(CC)c1. The van der Waals surface area contributed by atoms with Gasteiger partial charge >= 0.3 is 5.97 Å². The number of ether oxygens (including phenoxy) is 2. The van der Waals surface area contributed by atoms with Crippen molar-refractivity contribution in [2.75, 3.05) is 13.7 Å². The third kappa shape index (κ3) is 3.94. The number of rotatable bonds is 5. The second-order valence-electron chi connectivity index (χ2n) is 3.51. The van der Waals surface area contributed by atoms with Crippen molar-refractivity contribution in [2.45, 2.75) is 20.3 Å². The molecule has 1 rings (SSSR count). The molecule has 0 N–H and O–H groups in total. The number of hydrogen-bond acceptors (Lipinski definition) is 3. The van der Waals surface area contributed by atoms with E-state index in [9.17, 15) is 4.79 Å². The van der Waals surface area contributed by atoms with Crippen molar-refractivity contribution >= 4 is 12.0 Å². The molecular formula is C14H18O3. The Labute approximate surface area is 102 Å². The van der Waals surface area contributed by atoms with E-state index in [-0.39, 0.29) is 5.97 Å². The first kappa shape index (κ1) is 13.3. The molecule has 0 heterocycles. The van der Waals surface area contributed by atoms with Gasteiger partial charge in [-0.05, 0) is 42.7 Å². The number of hydrogen-bond donors (Lipinski definition) is 0. The second kappa shape index (κ2) is 6.74. The fraction of sp³-hybridized carbons (Fsp3) is 0.357. The van der Waals surface area contributed by atoms with Crippen molar-refractivity contribution in [3.05, 3.63) is 35.4 Å². The molecule has 1 aromatic carbocycles. The molecule has 3 heteroatoms. The van der Waals surface area contributed by atoms with Crippen molar-refractivity contribution < 1.29 is 14.3 Å². The predicted molar refractivity (Wildman–Crippen MR) is 68.0 cm³/mol. The van der Waals surface area contributed by atoms with Crippen molar-refractivity contribution in [3.8, 4) is 5.75 Å². The molecule has 0 atom stereocenters. The van der Waals surface area contributed by atoms with Gasteiger partial charge in [-0.15, -0.1) is 0 Å². The standard InChI is InChI=1S/C14H18O3/c1-4-12-10-11(6-8-13(12)16-3)7-9-14(15)17-5-2/h6-10H,4-5H2,1-3H3/b9-7+. The zero-order valence-electron chi connectivity index (χ0n) is 10.5. The number of carbonyl (C=O) groups excluding carboxylic acids is 1. The van der Waals surface area contributed by atoms with Gasteiger partial charge in [0.25, 0.3) is 0 Å². The molecular weight excluding hydrogens is 216 g/mol. The highest BCUT2D eigenvalue weighted by Gasteiger charge is 2.01. The molecule has 0 radical (unpaired) electrons. The molecule has 0 aliphatic carbocycles. The summed E-state index contributed by atoms with van der Waals surface area (Å²) in [6, 6.07) is 5.83. The lowest BCUT2D eigenvalue weighted by Crippen LogP contribution is -1.98. The summed E-state index contributed by atoms with van der Waals surface area (Å²) in [5.74, 6) is 0.558. The fourth-order valence-corrected chi connectivity index (χ4v) is 1.53. The summed E-state index contributed by atoms with van der Waals surface area (Å²) >= 11 is 0. The van der Waals surface area contributed by atoms with Gasteiger partial charge in [0, 0.05) is 6.08 Å². The van der Waals surface area contributed by atoms with Crippen LogP contribution in [0.25, 0.3) is 6.08 Å².